The molecule has 9 aromatic rings. The molecule has 212 valence electrons. The highest BCUT2D eigenvalue weighted by atomic mass is 16.3. The molecule has 1 aliphatic heterocycles. The molecule has 5 heterocycles. The summed E-state index contributed by atoms with van der Waals surface area (Å²) in [5.41, 5.74) is 10.2. The average Bonchev–Trinajstić information content (AvgIpc) is 3.87. The zero-order chi connectivity index (χ0) is 29.2. The summed E-state index contributed by atoms with van der Waals surface area (Å²) in [4.78, 5) is 12.7. The Hall–Kier alpha value is -6.08. The van der Waals surface area contributed by atoms with E-state index in [9.17, 15) is 0 Å². The number of aromatic nitrogens is 5. The molecule has 45 heavy (non-hydrogen) atoms. The van der Waals surface area contributed by atoms with Crippen LogP contribution in [0.4, 0.5) is 11.6 Å². The topological polar surface area (TPSA) is 56.4 Å². The first-order valence-electron chi connectivity index (χ1n) is 15.3. The minimum absolute atomic E-state index is 0.128. The zero-order valence-corrected chi connectivity index (χ0v) is 23.9. The number of allylic oxidation sites excluding steroid dienone is 2. The third-order valence-corrected chi connectivity index (χ3v) is 9.55. The van der Waals surface area contributed by atoms with Crippen molar-refractivity contribution < 1.29 is 4.42 Å². The molecule has 0 amide bonds. The molecule has 7 nitrogen and oxygen atoms in total. The number of benzene rings is 5. The lowest BCUT2D eigenvalue weighted by Crippen LogP contribution is -2.29. The Morgan fingerprint density at radius 1 is 0.600 bits per heavy atom. The van der Waals surface area contributed by atoms with Crippen molar-refractivity contribution in [2.45, 2.75) is 12.1 Å². The maximum atomic E-state index is 6.30. The minimum atomic E-state index is 0.128. The molecular weight excluding hydrogens is 556 g/mol. The summed E-state index contributed by atoms with van der Waals surface area (Å²) in [6.07, 6.45) is 8.87. The quantitative estimate of drug-likeness (QED) is 0.205. The second-order valence-corrected chi connectivity index (χ2v) is 11.9. The summed E-state index contributed by atoms with van der Waals surface area (Å²) >= 11 is 0. The summed E-state index contributed by atoms with van der Waals surface area (Å²) in [6, 6.07) is 38.4. The Bertz CT molecular complexity index is 2750. The van der Waals surface area contributed by atoms with Crippen LogP contribution >= 0.6 is 0 Å². The molecule has 0 N–H and O–H groups in total. The first-order chi connectivity index (χ1) is 22.3. The van der Waals surface area contributed by atoms with Crippen molar-refractivity contribution >= 4 is 72.5 Å². The van der Waals surface area contributed by atoms with Gasteiger partial charge in [0.1, 0.15) is 11.2 Å². The van der Waals surface area contributed by atoms with Crippen LogP contribution in [-0.4, -0.2) is 29.5 Å². The van der Waals surface area contributed by atoms with Crippen LogP contribution in [0.5, 0.6) is 0 Å². The standard InChI is InChI=1S/C38H24N6O/c1-8-18-34-24(10-1)36-32(17-9-19-35(36)45-34)44-31-21-20-23(22-33(31)43-28-14-5-3-12-26(28)40-38(43)44)41-29-15-6-7-16-30(29)42-27-13-4-2-11-25(27)39-37(41)42/h1-22,29-30H. The van der Waals surface area contributed by atoms with E-state index in [1.807, 2.05) is 18.2 Å². The van der Waals surface area contributed by atoms with E-state index in [1.165, 1.54) is 0 Å². The van der Waals surface area contributed by atoms with Crippen LogP contribution in [0.3, 0.4) is 0 Å². The molecule has 4 aromatic heterocycles. The third kappa shape index (κ3) is 2.94. The van der Waals surface area contributed by atoms with Crippen molar-refractivity contribution in [1.82, 2.24) is 23.5 Å². The maximum absolute atomic E-state index is 6.30. The van der Waals surface area contributed by atoms with E-state index in [4.69, 9.17) is 14.4 Å². The number of hydrogen-bond donors (Lipinski definition) is 0. The highest BCUT2D eigenvalue weighted by molar-refractivity contribution is 6.10. The molecule has 2 unspecified atom stereocenters. The van der Waals surface area contributed by atoms with Gasteiger partial charge in [0, 0.05) is 11.1 Å². The molecule has 0 fully saturated rings. The lowest BCUT2D eigenvalue weighted by Gasteiger charge is -2.26. The fourth-order valence-corrected chi connectivity index (χ4v) is 7.70. The van der Waals surface area contributed by atoms with E-state index < -0.39 is 0 Å². The van der Waals surface area contributed by atoms with Crippen LogP contribution in [0, 0.1) is 0 Å². The van der Waals surface area contributed by atoms with Crippen LogP contribution in [0.1, 0.15) is 6.04 Å². The molecule has 5 aromatic carbocycles. The maximum Gasteiger partial charge on any atom is 0.220 e. The number of hydrogen-bond acceptors (Lipinski definition) is 4. The minimum Gasteiger partial charge on any atom is -0.456 e. The number of para-hydroxylation sites is 5. The second kappa shape index (κ2) is 8.30. The van der Waals surface area contributed by atoms with E-state index in [1.54, 1.807) is 0 Å². The smallest absolute Gasteiger partial charge is 0.220 e. The van der Waals surface area contributed by atoms with Gasteiger partial charge >= 0.3 is 0 Å². The number of imidazole rings is 3. The van der Waals surface area contributed by atoms with Gasteiger partial charge in [0.25, 0.3) is 0 Å². The van der Waals surface area contributed by atoms with Crippen LogP contribution < -0.4 is 4.90 Å². The number of rotatable bonds is 2. The van der Waals surface area contributed by atoms with Gasteiger partial charge in [-0.05, 0) is 60.7 Å². The van der Waals surface area contributed by atoms with Crippen LogP contribution in [0.25, 0.3) is 66.5 Å². The van der Waals surface area contributed by atoms with Gasteiger partial charge in [0.2, 0.25) is 11.7 Å². The average molecular weight is 581 g/mol. The fraction of sp³-hybridized carbons (Fsp3) is 0.0526. The summed E-state index contributed by atoms with van der Waals surface area (Å²) in [5.74, 6) is 1.83. The predicted molar refractivity (Wildman–Crippen MR) is 180 cm³/mol. The summed E-state index contributed by atoms with van der Waals surface area (Å²) < 4.78 is 13.3. The third-order valence-electron chi connectivity index (χ3n) is 9.55. The molecular formula is C38H24N6O. The predicted octanol–water partition coefficient (Wildman–Crippen LogP) is 8.87. The molecule has 1 aliphatic carbocycles. The van der Waals surface area contributed by atoms with Gasteiger partial charge in [-0.3, -0.25) is 8.97 Å². The zero-order valence-electron chi connectivity index (χ0n) is 23.9. The number of nitrogens with zero attached hydrogens (tertiary/aromatic N) is 6. The van der Waals surface area contributed by atoms with Crippen LogP contribution in [0.15, 0.2) is 138 Å². The van der Waals surface area contributed by atoms with Gasteiger partial charge in [-0.1, -0.05) is 72.8 Å². The SMILES string of the molecule is C1=CC2C(C=C1)n1c(nc3ccccc31)N2c1ccc2c(c1)n1c3ccccc3nc1n2-c1cccc2oc3ccccc3c12. The Labute approximate surface area is 256 Å². The molecule has 0 radical (unpaired) electrons. The van der Waals surface area contributed by atoms with E-state index in [-0.39, 0.29) is 12.1 Å². The van der Waals surface area contributed by atoms with Crippen LogP contribution in [0.2, 0.25) is 0 Å². The van der Waals surface area contributed by atoms with Crippen molar-refractivity contribution in [1.29, 1.82) is 0 Å². The van der Waals surface area contributed by atoms with Crippen molar-refractivity contribution in [3.05, 3.63) is 133 Å². The number of fused-ring (bicyclic) bond motifs is 13. The highest BCUT2D eigenvalue weighted by Gasteiger charge is 2.40. The van der Waals surface area contributed by atoms with Gasteiger partial charge in [0.05, 0.1) is 56.3 Å². The largest absolute Gasteiger partial charge is 0.456 e. The van der Waals surface area contributed by atoms with E-state index in [0.717, 1.165) is 78.1 Å². The lowest BCUT2D eigenvalue weighted by atomic mass is 10.0. The molecule has 0 bridgehead atoms. The van der Waals surface area contributed by atoms with E-state index in [0.29, 0.717) is 0 Å². The van der Waals surface area contributed by atoms with Crippen molar-refractivity contribution in [3.8, 4) is 5.69 Å². The molecule has 7 heteroatoms. The highest BCUT2D eigenvalue weighted by Crippen LogP contribution is 2.46. The lowest BCUT2D eigenvalue weighted by molar-refractivity contribution is 0.624. The van der Waals surface area contributed by atoms with Crippen molar-refractivity contribution in [3.63, 3.8) is 0 Å². The summed E-state index contributed by atoms with van der Waals surface area (Å²) in [5, 5.41) is 2.17. The molecule has 0 saturated carbocycles. The fourth-order valence-electron chi connectivity index (χ4n) is 7.70. The Morgan fingerprint density at radius 2 is 1.36 bits per heavy atom. The monoisotopic (exact) mass is 580 g/mol. The Kier molecular flexibility index (Phi) is 4.31. The van der Waals surface area contributed by atoms with E-state index >= 15 is 0 Å². The Morgan fingerprint density at radius 3 is 2.27 bits per heavy atom. The van der Waals surface area contributed by atoms with E-state index in [2.05, 4.69) is 134 Å². The Balaban J connectivity index is 1.22. The number of anilines is 2. The molecule has 11 rings (SSSR count). The second-order valence-electron chi connectivity index (χ2n) is 11.9. The van der Waals surface area contributed by atoms with Gasteiger partial charge in [-0.25, -0.2) is 9.97 Å². The molecule has 0 saturated heterocycles. The molecule has 2 atom stereocenters. The van der Waals surface area contributed by atoms with Gasteiger partial charge in [-0.2, -0.15) is 0 Å². The molecule has 2 aliphatic rings. The van der Waals surface area contributed by atoms with Crippen molar-refractivity contribution in [2.24, 2.45) is 0 Å². The summed E-state index contributed by atoms with van der Waals surface area (Å²) in [7, 11) is 0. The molecule has 0 spiro atoms. The van der Waals surface area contributed by atoms with Gasteiger partial charge in [0.15, 0.2) is 0 Å². The van der Waals surface area contributed by atoms with Gasteiger partial charge < -0.3 is 13.9 Å². The summed E-state index contributed by atoms with van der Waals surface area (Å²) in [6.45, 7) is 0. The number of furan rings is 1. The van der Waals surface area contributed by atoms with Crippen molar-refractivity contribution in [2.75, 3.05) is 4.90 Å². The first kappa shape index (κ1) is 23.4. The normalized spacial score (nSPS) is 17.6. The van der Waals surface area contributed by atoms with Gasteiger partial charge in [-0.15, -0.1) is 0 Å². The van der Waals surface area contributed by atoms with Crippen LogP contribution in [-0.2, 0) is 0 Å². The first-order valence-corrected chi connectivity index (χ1v) is 15.3.